The topological polar surface area (TPSA) is 55.6 Å². The first-order valence-corrected chi connectivity index (χ1v) is 9.77. The zero-order chi connectivity index (χ0) is 18.3. The van der Waals surface area contributed by atoms with E-state index in [0.717, 1.165) is 35.4 Å². The van der Waals surface area contributed by atoms with Crippen molar-refractivity contribution in [2.45, 2.75) is 32.8 Å². The third-order valence-corrected chi connectivity index (χ3v) is 5.77. The van der Waals surface area contributed by atoms with Crippen molar-refractivity contribution < 1.29 is 13.9 Å². The third-order valence-electron chi connectivity index (χ3n) is 4.50. The number of ether oxygens (including phenoxy) is 1. The second kappa shape index (κ2) is 7.02. The number of hydrogen-bond donors (Lipinski definition) is 0. The van der Waals surface area contributed by atoms with Crippen molar-refractivity contribution in [3.05, 3.63) is 46.4 Å². The molecule has 1 atom stereocenters. The Bertz CT molecular complexity index is 959. The lowest BCUT2D eigenvalue weighted by Gasteiger charge is -2.22. The molecule has 0 radical (unpaired) electrons. The summed E-state index contributed by atoms with van der Waals surface area (Å²) >= 11 is 7.55. The fourth-order valence-electron chi connectivity index (χ4n) is 3.23. The second-order valence-corrected chi connectivity index (χ2v) is 7.93. The van der Waals surface area contributed by atoms with Gasteiger partial charge in [0, 0.05) is 11.6 Å². The summed E-state index contributed by atoms with van der Waals surface area (Å²) < 4.78 is 12.3. The minimum atomic E-state index is -0.111. The molecule has 4 rings (SSSR count). The number of halogens is 1. The highest BCUT2D eigenvalue weighted by atomic mass is 35.5. The Kier molecular flexibility index (Phi) is 4.73. The van der Waals surface area contributed by atoms with Crippen molar-refractivity contribution >= 4 is 44.2 Å². The molecule has 1 fully saturated rings. The fourth-order valence-corrected chi connectivity index (χ4v) is 4.48. The highest BCUT2D eigenvalue weighted by Crippen LogP contribution is 2.33. The summed E-state index contributed by atoms with van der Waals surface area (Å²) in [7, 11) is 0. The van der Waals surface area contributed by atoms with Gasteiger partial charge in [-0.25, -0.2) is 4.98 Å². The van der Waals surface area contributed by atoms with E-state index in [4.69, 9.17) is 20.8 Å². The van der Waals surface area contributed by atoms with Crippen LogP contribution < -0.4 is 4.90 Å². The van der Waals surface area contributed by atoms with Crippen LogP contribution in [0.1, 0.15) is 34.7 Å². The van der Waals surface area contributed by atoms with Gasteiger partial charge in [0.1, 0.15) is 11.5 Å². The van der Waals surface area contributed by atoms with Gasteiger partial charge in [-0.2, -0.15) is 0 Å². The predicted molar refractivity (Wildman–Crippen MR) is 103 cm³/mol. The van der Waals surface area contributed by atoms with Crippen molar-refractivity contribution in [1.82, 2.24) is 4.98 Å². The summed E-state index contributed by atoms with van der Waals surface area (Å²) in [5.41, 5.74) is 1.40. The van der Waals surface area contributed by atoms with Crippen LogP contribution in [0.3, 0.4) is 0 Å². The summed E-state index contributed by atoms with van der Waals surface area (Å²) in [6.45, 7) is 4.87. The molecular formula is C19H19ClN2O3S. The van der Waals surface area contributed by atoms with Crippen LogP contribution in [0, 0.1) is 13.8 Å². The van der Waals surface area contributed by atoms with Gasteiger partial charge in [0.05, 0.1) is 28.4 Å². The number of fused-ring (bicyclic) bond motifs is 1. The molecule has 5 nitrogen and oxygen atoms in total. The van der Waals surface area contributed by atoms with Crippen molar-refractivity contribution in [1.29, 1.82) is 0 Å². The van der Waals surface area contributed by atoms with E-state index < -0.39 is 0 Å². The number of hydrogen-bond acceptors (Lipinski definition) is 5. The van der Waals surface area contributed by atoms with Crippen LogP contribution in [0.25, 0.3) is 10.2 Å². The van der Waals surface area contributed by atoms with Gasteiger partial charge >= 0.3 is 0 Å². The number of anilines is 1. The Balaban J connectivity index is 1.73. The molecule has 1 saturated heterocycles. The maximum atomic E-state index is 13.3. The number of carbonyl (C=O) groups excluding carboxylic acids is 1. The largest absolute Gasteiger partial charge is 0.466 e. The van der Waals surface area contributed by atoms with Gasteiger partial charge in [0.25, 0.3) is 5.91 Å². The molecule has 0 N–H and O–H groups in total. The molecule has 7 heteroatoms. The molecule has 2 aromatic heterocycles. The Morgan fingerprint density at radius 2 is 2.23 bits per heavy atom. The van der Waals surface area contributed by atoms with E-state index in [1.54, 1.807) is 11.0 Å². The highest BCUT2D eigenvalue weighted by Gasteiger charge is 2.29. The number of aryl methyl sites for hydroxylation is 2. The van der Waals surface area contributed by atoms with Gasteiger partial charge in [-0.3, -0.25) is 9.69 Å². The minimum absolute atomic E-state index is 0.0304. The normalized spacial score (nSPS) is 17.1. The van der Waals surface area contributed by atoms with Gasteiger partial charge in [-0.15, -0.1) is 0 Å². The van der Waals surface area contributed by atoms with Crippen LogP contribution in [0.4, 0.5) is 5.13 Å². The maximum absolute atomic E-state index is 13.3. The molecule has 3 aromatic rings. The van der Waals surface area contributed by atoms with Crippen LogP contribution in [-0.2, 0) is 4.74 Å². The predicted octanol–water partition coefficient (Wildman–Crippen LogP) is 4.99. The van der Waals surface area contributed by atoms with Crippen molar-refractivity contribution in [3.63, 3.8) is 0 Å². The number of thiazole rings is 1. The minimum Gasteiger partial charge on any atom is -0.466 e. The van der Waals surface area contributed by atoms with E-state index in [1.165, 1.54) is 11.3 Å². The number of furan rings is 1. The lowest BCUT2D eigenvalue weighted by Crippen LogP contribution is -2.37. The van der Waals surface area contributed by atoms with Gasteiger partial charge in [-0.1, -0.05) is 22.9 Å². The molecule has 3 heterocycles. The van der Waals surface area contributed by atoms with Crippen LogP contribution in [0.5, 0.6) is 0 Å². The Morgan fingerprint density at radius 3 is 2.92 bits per heavy atom. The molecule has 0 aliphatic carbocycles. The van der Waals surface area contributed by atoms with E-state index in [0.29, 0.717) is 28.0 Å². The van der Waals surface area contributed by atoms with Gasteiger partial charge in [-0.05, 0) is 51.0 Å². The Hall–Kier alpha value is -1.89. The van der Waals surface area contributed by atoms with Crippen molar-refractivity contribution in [2.75, 3.05) is 18.1 Å². The van der Waals surface area contributed by atoms with E-state index in [1.807, 2.05) is 32.0 Å². The van der Waals surface area contributed by atoms with Crippen LogP contribution in [-0.4, -0.2) is 30.1 Å². The first-order valence-electron chi connectivity index (χ1n) is 8.58. The van der Waals surface area contributed by atoms with E-state index in [2.05, 4.69) is 4.98 Å². The standard InChI is InChI=1S/C19H19ClN2O3S/c1-11-8-15(12(2)25-11)18(23)22(10-14-4-3-7-24-14)19-21-16-6-5-13(20)9-17(16)26-19/h5-6,8-9,14H,3-4,7,10H2,1-2H3. The number of amides is 1. The molecule has 1 aliphatic heterocycles. The molecule has 1 aromatic carbocycles. The third kappa shape index (κ3) is 3.37. The average Bonchev–Trinajstić information content (AvgIpc) is 3.31. The number of carbonyl (C=O) groups is 1. The summed E-state index contributed by atoms with van der Waals surface area (Å²) in [4.78, 5) is 19.6. The molecule has 0 saturated carbocycles. The maximum Gasteiger partial charge on any atom is 0.263 e. The van der Waals surface area contributed by atoms with Crippen molar-refractivity contribution in [2.24, 2.45) is 0 Å². The number of nitrogens with zero attached hydrogens (tertiary/aromatic N) is 2. The second-order valence-electron chi connectivity index (χ2n) is 6.49. The van der Waals surface area contributed by atoms with Crippen molar-refractivity contribution in [3.8, 4) is 0 Å². The number of benzene rings is 1. The summed E-state index contributed by atoms with van der Waals surface area (Å²) in [6.07, 6.45) is 2.00. The highest BCUT2D eigenvalue weighted by molar-refractivity contribution is 7.22. The van der Waals surface area contributed by atoms with Crippen LogP contribution in [0.2, 0.25) is 5.02 Å². The molecule has 1 unspecified atom stereocenters. The lowest BCUT2D eigenvalue weighted by atomic mass is 10.2. The molecule has 0 bridgehead atoms. The molecule has 136 valence electrons. The molecule has 1 aliphatic rings. The van der Waals surface area contributed by atoms with E-state index in [-0.39, 0.29) is 12.0 Å². The molecule has 1 amide bonds. The monoisotopic (exact) mass is 390 g/mol. The zero-order valence-corrected chi connectivity index (χ0v) is 16.2. The Labute approximate surface area is 160 Å². The average molecular weight is 391 g/mol. The number of rotatable bonds is 4. The van der Waals surface area contributed by atoms with Crippen LogP contribution in [0.15, 0.2) is 28.7 Å². The lowest BCUT2D eigenvalue weighted by molar-refractivity contribution is 0.0916. The molecule has 26 heavy (non-hydrogen) atoms. The van der Waals surface area contributed by atoms with Gasteiger partial charge in [0.15, 0.2) is 5.13 Å². The number of aromatic nitrogens is 1. The first-order chi connectivity index (χ1) is 12.5. The van der Waals surface area contributed by atoms with Gasteiger partial charge < -0.3 is 9.15 Å². The van der Waals surface area contributed by atoms with Crippen LogP contribution >= 0.6 is 22.9 Å². The zero-order valence-electron chi connectivity index (χ0n) is 14.6. The van der Waals surface area contributed by atoms with Gasteiger partial charge in [0.2, 0.25) is 0 Å². The summed E-state index contributed by atoms with van der Waals surface area (Å²) in [5.74, 6) is 1.23. The Morgan fingerprint density at radius 1 is 1.38 bits per heavy atom. The quantitative estimate of drug-likeness (QED) is 0.630. The SMILES string of the molecule is Cc1cc(C(=O)N(CC2CCCO2)c2nc3ccc(Cl)cc3s2)c(C)o1. The smallest absolute Gasteiger partial charge is 0.263 e. The summed E-state index contributed by atoms with van der Waals surface area (Å²) in [5, 5.41) is 1.31. The van der Waals surface area contributed by atoms with E-state index in [9.17, 15) is 4.79 Å². The molecular weight excluding hydrogens is 372 g/mol. The van der Waals surface area contributed by atoms with E-state index >= 15 is 0 Å². The molecule has 0 spiro atoms. The summed E-state index contributed by atoms with van der Waals surface area (Å²) in [6, 6.07) is 7.34. The fraction of sp³-hybridized carbons (Fsp3) is 0.368. The first kappa shape index (κ1) is 17.5.